The van der Waals surface area contributed by atoms with Gasteiger partial charge in [0, 0.05) is 11.0 Å². The summed E-state index contributed by atoms with van der Waals surface area (Å²) in [5.41, 5.74) is 0. The molecule has 0 bridgehead atoms. The van der Waals surface area contributed by atoms with Gasteiger partial charge < -0.3 is 4.74 Å². The monoisotopic (exact) mass is 295 g/mol. The molecule has 0 fully saturated rings. The molecule has 0 saturated heterocycles. The first kappa shape index (κ1) is 11.5. The van der Waals surface area contributed by atoms with E-state index in [1.807, 2.05) is 48.7 Å². The molecule has 0 spiro atoms. The minimum atomic E-state index is 0.589. The van der Waals surface area contributed by atoms with Crippen molar-refractivity contribution < 1.29 is 4.74 Å². The second-order valence-corrected chi connectivity index (χ2v) is 4.77. The van der Waals surface area contributed by atoms with Gasteiger partial charge in [0.25, 0.3) is 0 Å². The van der Waals surface area contributed by atoms with Crippen molar-refractivity contribution in [1.82, 2.24) is 4.98 Å². The lowest BCUT2D eigenvalue weighted by Gasteiger charge is -2.05. The highest BCUT2D eigenvalue weighted by molar-refractivity contribution is 9.10. The van der Waals surface area contributed by atoms with Crippen molar-refractivity contribution in [3.63, 3.8) is 0 Å². The molecular weight excluding hydrogens is 286 g/mol. The summed E-state index contributed by atoms with van der Waals surface area (Å²) in [6, 6.07) is 13.5. The van der Waals surface area contributed by atoms with Gasteiger partial charge in [-0.1, -0.05) is 6.07 Å². The quantitative estimate of drug-likeness (QED) is 0.620. The molecule has 0 unspecified atom stereocenters. The van der Waals surface area contributed by atoms with E-state index in [0.29, 0.717) is 5.88 Å². The molecule has 1 aromatic heterocycles. The molecule has 0 aliphatic carbocycles. The minimum Gasteiger partial charge on any atom is -0.439 e. The molecule has 82 valence electrons. The van der Waals surface area contributed by atoms with Gasteiger partial charge in [-0.15, -0.1) is 11.8 Å². The molecule has 2 rings (SSSR count). The van der Waals surface area contributed by atoms with Gasteiger partial charge in [-0.25, -0.2) is 4.98 Å². The van der Waals surface area contributed by atoms with E-state index in [9.17, 15) is 0 Å². The normalized spacial score (nSPS) is 10.1. The van der Waals surface area contributed by atoms with E-state index in [2.05, 4.69) is 20.9 Å². The summed E-state index contributed by atoms with van der Waals surface area (Å²) >= 11 is 5.01. The average Bonchev–Trinajstić information content (AvgIpc) is 2.30. The third-order valence-electron chi connectivity index (χ3n) is 1.97. The first-order valence-corrected chi connectivity index (χ1v) is 6.74. The fourth-order valence-electron chi connectivity index (χ4n) is 1.21. The zero-order valence-electron chi connectivity index (χ0n) is 8.68. The second-order valence-electron chi connectivity index (χ2n) is 3.08. The fraction of sp³-hybridized carbons (Fsp3) is 0.0833. The molecule has 0 saturated carbocycles. The third kappa shape index (κ3) is 3.00. The van der Waals surface area contributed by atoms with Crippen LogP contribution in [0.5, 0.6) is 11.6 Å². The Morgan fingerprint density at radius 3 is 2.50 bits per heavy atom. The van der Waals surface area contributed by atoms with Crippen LogP contribution in [-0.4, -0.2) is 11.2 Å². The Balaban J connectivity index is 2.14. The van der Waals surface area contributed by atoms with Crippen LogP contribution in [0, 0.1) is 0 Å². The zero-order chi connectivity index (χ0) is 11.4. The van der Waals surface area contributed by atoms with Crippen LogP contribution in [0.1, 0.15) is 0 Å². The molecule has 0 atom stereocenters. The highest BCUT2D eigenvalue weighted by Crippen LogP contribution is 2.23. The highest BCUT2D eigenvalue weighted by Gasteiger charge is 1.99. The standard InChI is InChI=1S/C12H10BrNOS/c1-16-10-7-5-9(6-8-10)15-12-4-2-3-11(13)14-12/h2-8H,1H3. The van der Waals surface area contributed by atoms with E-state index < -0.39 is 0 Å². The maximum absolute atomic E-state index is 5.61. The molecule has 16 heavy (non-hydrogen) atoms. The predicted octanol–water partition coefficient (Wildman–Crippen LogP) is 4.36. The number of hydrogen-bond acceptors (Lipinski definition) is 3. The lowest BCUT2D eigenvalue weighted by Crippen LogP contribution is -1.87. The maximum Gasteiger partial charge on any atom is 0.220 e. The van der Waals surface area contributed by atoms with Crippen molar-refractivity contribution >= 4 is 27.7 Å². The summed E-state index contributed by atoms with van der Waals surface area (Å²) in [6.45, 7) is 0. The van der Waals surface area contributed by atoms with E-state index in [-0.39, 0.29) is 0 Å². The Morgan fingerprint density at radius 2 is 1.88 bits per heavy atom. The molecule has 2 nitrogen and oxygen atoms in total. The van der Waals surface area contributed by atoms with Crippen molar-refractivity contribution in [3.05, 3.63) is 47.1 Å². The Bertz CT molecular complexity index is 473. The molecule has 0 radical (unpaired) electrons. The Labute approximate surface area is 107 Å². The zero-order valence-corrected chi connectivity index (χ0v) is 11.1. The van der Waals surface area contributed by atoms with Crippen LogP contribution < -0.4 is 4.74 Å². The topological polar surface area (TPSA) is 22.1 Å². The van der Waals surface area contributed by atoms with Gasteiger partial charge in [0.1, 0.15) is 10.4 Å². The number of halogens is 1. The number of hydrogen-bond donors (Lipinski definition) is 0. The molecule has 1 heterocycles. The Hall–Kier alpha value is -1.00. The van der Waals surface area contributed by atoms with Crippen LogP contribution in [0.4, 0.5) is 0 Å². The van der Waals surface area contributed by atoms with Gasteiger partial charge in [-0.05, 0) is 52.5 Å². The largest absolute Gasteiger partial charge is 0.439 e. The molecule has 0 amide bonds. The summed E-state index contributed by atoms with van der Waals surface area (Å²) in [5.74, 6) is 1.38. The van der Waals surface area contributed by atoms with Gasteiger partial charge in [0.15, 0.2) is 0 Å². The first-order chi connectivity index (χ1) is 7.78. The van der Waals surface area contributed by atoms with E-state index >= 15 is 0 Å². The van der Waals surface area contributed by atoms with Crippen molar-refractivity contribution in [2.24, 2.45) is 0 Å². The van der Waals surface area contributed by atoms with Crippen LogP contribution in [0.3, 0.4) is 0 Å². The van der Waals surface area contributed by atoms with Gasteiger partial charge in [0.2, 0.25) is 5.88 Å². The van der Waals surface area contributed by atoms with Crippen LogP contribution >= 0.6 is 27.7 Å². The number of pyridine rings is 1. The lowest BCUT2D eigenvalue weighted by molar-refractivity contribution is 0.461. The molecular formula is C12H10BrNOS. The molecule has 0 N–H and O–H groups in total. The second kappa shape index (κ2) is 5.37. The summed E-state index contributed by atoms with van der Waals surface area (Å²) in [6.07, 6.45) is 2.05. The molecule has 0 aliphatic heterocycles. The van der Waals surface area contributed by atoms with E-state index in [4.69, 9.17) is 4.74 Å². The van der Waals surface area contributed by atoms with Crippen LogP contribution in [0.15, 0.2) is 52.0 Å². The van der Waals surface area contributed by atoms with E-state index in [1.54, 1.807) is 11.8 Å². The van der Waals surface area contributed by atoms with Crippen LogP contribution in [0.25, 0.3) is 0 Å². The van der Waals surface area contributed by atoms with Crippen molar-refractivity contribution in [2.45, 2.75) is 4.90 Å². The van der Waals surface area contributed by atoms with E-state index in [1.165, 1.54) is 4.90 Å². The van der Waals surface area contributed by atoms with Crippen LogP contribution in [-0.2, 0) is 0 Å². The molecule has 2 aromatic rings. The van der Waals surface area contributed by atoms with Crippen molar-refractivity contribution in [3.8, 4) is 11.6 Å². The molecule has 0 aliphatic rings. The number of nitrogens with zero attached hydrogens (tertiary/aromatic N) is 1. The molecule has 1 aromatic carbocycles. The first-order valence-electron chi connectivity index (χ1n) is 4.72. The minimum absolute atomic E-state index is 0.589. The lowest BCUT2D eigenvalue weighted by atomic mass is 10.3. The highest BCUT2D eigenvalue weighted by atomic mass is 79.9. The maximum atomic E-state index is 5.61. The van der Waals surface area contributed by atoms with Gasteiger partial charge in [-0.3, -0.25) is 0 Å². The Morgan fingerprint density at radius 1 is 1.12 bits per heavy atom. The third-order valence-corrected chi connectivity index (χ3v) is 3.16. The summed E-state index contributed by atoms with van der Waals surface area (Å²) < 4.78 is 6.38. The number of rotatable bonds is 3. The number of benzene rings is 1. The smallest absolute Gasteiger partial charge is 0.220 e. The SMILES string of the molecule is CSc1ccc(Oc2cccc(Br)n2)cc1. The van der Waals surface area contributed by atoms with Crippen molar-refractivity contribution in [1.29, 1.82) is 0 Å². The van der Waals surface area contributed by atoms with Gasteiger partial charge in [-0.2, -0.15) is 0 Å². The number of ether oxygens (including phenoxy) is 1. The molecule has 4 heteroatoms. The van der Waals surface area contributed by atoms with E-state index in [0.717, 1.165) is 10.4 Å². The summed E-state index contributed by atoms with van der Waals surface area (Å²) in [4.78, 5) is 5.42. The summed E-state index contributed by atoms with van der Waals surface area (Å²) in [7, 11) is 0. The predicted molar refractivity (Wildman–Crippen MR) is 70.2 cm³/mol. The van der Waals surface area contributed by atoms with Crippen LogP contribution in [0.2, 0.25) is 0 Å². The van der Waals surface area contributed by atoms with Crippen molar-refractivity contribution in [2.75, 3.05) is 6.26 Å². The van der Waals surface area contributed by atoms with Gasteiger partial charge in [0.05, 0.1) is 0 Å². The number of aromatic nitrogens is 1. The summed E-state index contributed by atoms with van der Waals surface area (Å²) in [5, 5.41) is 0. The number of thioether (sulfide) groups is 1. The average molecular weight is 296 g/mol. The Kier molecular flexibility index (Phi) is 3.85. The fourth-order valence-corrected chi connectivity index (χ4v) is 1.95. The van der Waals surface area contributed by atoms with Gasteiger partial charge >= 0.3 is 0 Å².